The molecule has 7 nitrogen and oxygen atoms in total. The molecule has 1 aromatic heterocycles. The van der Waals surface area contributed by atoms with E-state index in [2.05, 4.69) is 15.5 Å². The molecule has 0 aliphatic rings. The Kier molecular flexibility index (Phi) is 6.06. The first-order chi connectivity index (χ1) is 13.5. The van der Waals surface area contributed by atoms with Crippen LogP contribution in [0, 0.1) is 6.92 Å². The molecule has 3 aromatic rings. The van der Waals surface area contributed by atoms with Crippen molar-refractivity contribution in [2.24, 2.45) is 0 Å². The van der Waals surface area contributed by atoms with Crippen LogP contribution < -0.4 is 10.1 Å². The minimum Gasteiger partial charge on any atom is -0.497 e. The number of likely N-dealkylation sites (N-methyl/N-ethyl adjacent to an activating group) is 1. The standard InChI is InChI=1S/C21H24N4O3/c1-14-6-5-7-16(12-14)21-24-23-20(28-21)15(2)25(3)13-19(26)22-17-8-10-18(27-4)11-9-17/h5-12,15H,13H2,1-4H3,(H,22,26)/t15-/m0/s1. The summed E-state index contributed by atoms with van der Waals surface area (Å²) in [7, 11) is 3.45. The van der Waals surface area contributed by atoms with Crippen molar-refractivity contribution in [2.75, 3.05) is 26.0 Å². The molecule has 0 aliphatic heterocycles. The summed E-state index contributed by atoms with van der Waals surface area (Å²) >= 11 is 0. The van der Waals surface area contributed by atoms with Gasteiger partial charge in [-0.25, -0.2) is 0 Å². The summed E-state index contributed by atoms with van der Waals surface area (Å²) in [5.74, 6) is 1.56. The van der Waals surface area contributed by atoms with Crippen LogP contribution in [0.4, 0.5) is 5.69 Å². The highest BCUT2D eigenvalue weighted by Gasteiger charge is 2.21. The molecular formula is C21H24N4O3. The highest BCUT2D eigenvalue weighted by molar-refractivity contribution is 5.92. The number of carbonyl (C=O) groups excluding carboxylic acids is 1. The topological polar surface area (TPSA) is 80.5 Å². The largest absolute Gasteiger partial charge is 0.497 e. The van der Waals surface area contributed by atoms with Crippen molar-refractivity contribution in [2.45, 2.75) is 19.9 Å². The second kappa shape index (κ2) is 8.67. The van der Waals surface area contributed by atoms with Gasteiger partial charge >= 0.3 is 0 Å². The molecule has 0 aliphatic carbocycles. The summed E-state index contributed by atoms with van der Waals surface area (Å²) in [6, 6.07) is 14.9. The number of hydrogen-bond donors (Lipinski definition) is 1. The van der Waals surface area contributed by atoms with Crippen LogP contribution in [0.25, 0.3) is 11.5 Å². The van der Waals surface area contributed by atoms with Gasteiger partial charge in [0.1, 0.15) is 5.75 Å². The molecule has 28 heavy (non-hydrogen) atoms. The Bertz CT molecular complexity index is 937. The van der Waals surface area contributed by atoms with Crippen molar-refractivity contribution >= 4 is 11.6 Å². The third-order valence-corrected chi connectivity index (χ3v) is 4.49. The lowest BCUT2D eigenvalue weighted by Crippen LogP contribution is -2.32. The number of anilines is 1. The van der Waals surface area contributed by atoms with Crippen molar-refractivity contribution in [3.8, 4) is 17.2 Å². The second-order valence-electron chi connectivity index (χ2n) is 6.68. The van der Waals surface area contributed by atoms with E-state index in [0.717, 1.165) is 16.9 Å². The first-order valence-corrected chi connectivity index (χ1v) is 9.01. The van der Waals surface area contributed by atoms with E-state index in [9.17, 15) is 4.79 Å². The monoisotopic (exact) mass is 380 g/mol. The van der Waals surface area contributed by atoms with Crippen LogP contribution >= 0.6 is 0 Å². The lowest BCUT2D eigenvalue weighted by molar-refractivity contribution is -0.117. The summed E-state index contributed by atoms with van der Waals surface area (Å²) in [5.41, 5.74) is 2.72. The molecule has 1 heterocycles. The zero-order valence-corrected chi connectivity index (χ0v) is 16.5. The van der Waals surface area contributed by atoms with Gasteiger partial charge in [0.15, 0.2) is 0 Å². The Morgan fingerprint density at radius 3 is 2.64 bits per heavy atom. The molecule has 1 atom stereocenters. The van der Waals surface area contributed by atoms with Crippen molar-refractivity contribution in [1.82, 2.24) is 15.1 Å². The molecule has 0 saturated heterocycles. The molecule has 0 radical (unpaired) electrons. The number of rotatable bonds is 7. The third kappa shape index (κ3) is 4.75. The van der Waals surface area contributed by atoms with Crippen LogP contribution in [-0.4, -0.2) is 41.7 Å². The molecule has 0 saturated carbocycles. The summed E-state index contributed by atoms with van der Waals surface area (Å²) in [5, 5.41) is 11.2. The smallest absolute Gasteiger partial charge is 0.247 e. The van der Waals surface area contributed by atoms with Gasteiger partial charge < -0.3 is 14.5 Å². The fraction of sp³-hybridized carbons (Fsp3) is 0.286. The highest BCUT2D eigenvalue weighted by atomic mass is 16.5. The number of nitrogens with one attached hydrogen (secondary N) is 1. The Balaban J connectivity index is 1.60. The van der Waals surface area contributed by atoms with Crippen LogP contribution in [0.1, 0.15) is 24.4 Å². The van der Waals surface area contributed by atoms with E-state index in [4.69, 9.17) is 9.15 Å². The Morgan fingerprint density at radius 1 is 1.21 bits per heavy atom. The molecule has 0 unspecified atom stereocenters. The van der Waals surface area contributed by atoms with Crippen molar-refractivity contribution in [1.29, 1.82) is 0 Å². The zero-order chi connectivity index (χ0) is 20.1. The van der Waals surface area contributed by atoms with Crippen LogP contribution in [0.2, 0.25) is 0 Å². The maximum atomic E-state index is 12.3. The number of amides is 1. The Hall–Kier alpha value is -3.19. The van der Waals surface area contributed by atoms with Gasteiger partial charge in [0.05, 0.1) is 19.7 Å². The summed E-state index contributed by atoms with van der Waals surface area (Å²) in [4.78, 5) is 14.2. The van der Waals surface area contributed by atoms with Gasteiger partial charge in [0.25, 0.3) is 0 Å². The van der Waals surface area contributed by atoms with Crippen LogP contribution in [0.15, 0.2) is 52.9 Å². The Labute approximate surface area is 164 Å². The quantitative estimate of drug-likeness (QED) is 0.673. The lowest BCUT2D eigenvalue weighted by atomic mass is 10.1. The predicted molar refractivity (Wildman–Crippen MR) is 107 cm³/mol. The average Bonchev–Trinajstić information content (AvgIpc) is 3.18. The minimum atomic E-state index is -0.201. The molecule has 0 bridgehead atoms. The first kappa shape index (κ1) is 19.6. The Morgan fingerprint density at radius 2 is 1.96 bits per heavy atom. The van der Waals surface area contributed by atoms with Crippen LogP contribution in [0.3, 0.4) is 0 Å². The average molecular weight is 380 g/mol. The lowest BCUT2D eigenvalue weighted by Gasteiger charge is -2.21. The van der Waals surface area contributed by atoms with E-state index >= 15 is 0 Å². The maximum absolute atomic E-state index is 12.3. The predicted octanol–water partition coefficient (Wildman–Crippen LogP) is 3.69. The molecular weight excluding hydrogens is 356 g/mol. The van der Waals surface area contributed by atoms with Gasteiger partial charge in [-0.15, -0.1) is 10.2 Å². The molecule has 146 valence electrons. The maximum Gasteiger partial charge on any atom is 0.247 e. The van der Waals surface area contributed by atoms with E-state index in [-0.39, 0.29) is 18.5 Å². The fourth-order valence-corrected chi connectivity index (χ4v) is 2.73. The summed E-state index contributed by atoms with van der Waals surface area (Å²) in [6.45, 7) is 4.13. The van der Waals surface area contributed by atoms with Gasteiger partial charge in [-0.1, -0.05) is 17.7 Å². The van der Waals surface area contributed by atoms with E-state index in [0.29, 0.717) is 17.5 Å². The van der Waals surface area contributed by atoms with E-state index in [1.165, 1.54) is 0 Å². The number of benzene rings is 2. The van der Waals surface area contributed by atoms with Crippen LogP contribution in [-0.2, 0) is 4.79 Å². The number of hydrogen-bond acceptors (Lipinski definition) is 6. The number of aromatic nitrogens is 2. The second-order valence-corrected chi connectivity index (χ2v) is 6.68. The molecule has 0 fully saturated rings. The number of aryl methyl sites for hydroxylation is 1. The summed E-state index contributed by atoms with van der Waals surface area (Å²) in [6.07, 6.45) is 0. The van der Waals surface area contributed by atoms with Gasteiger partial charge in [0.2, 0.25) is 17.7 Å². The van der Waals surface area contributed by atoms with Gasteiger partial charge in [-0.05, 0) is 57.3 Å². The fourth-order valence-electron chi connectivity index (χ4n) is 2.73. The van der Waals surface area contributed by atoms with Crippen molar-refractivity contribution in [3.63, 3.8) is 0 Å². The van der Waals surface area contributed by atoms with E-state index in [1.807, 2.05) is 50.1 Å². The van der Waals surface area contributed by atoms with E-state index in [1.54, 1.807) is 31.4 Å². The minimum absolute atomic E-state index is 0.127. The zero-order valence-electron chi connectivity index (χ0n) is 16.5. The van der Waals surface area contributed by atoms with Crippen LogP contribution in [0.5, 0.6) is 5.75 Å². The van der Waals surface area contributed by atoms with Gasteiger partial charge in [-0.2, -0.15) is 0 Å². The van der Waals surface area contributed by atoms with Gasteiger partial charge in [-0.3, -0.25) is 9.69 Å². The van der Waals surface area contributed by atoms with E-state index < -0.39 is 0 Å². The molecule has 0 spiro atoms. The third-order valence-electron chi connectivity index (χ3n) is 4.49. The molecule has 1 amide bonds. The molecule has 2 aromatic carbocycles. The highest BCUT2D eigenvalue weighted by Crippen LogP contribution is 2.24. The number of ether oxygens (including phenoxy) is 1. The normalized spacial score (nSPS) is 12.0. The summed E-state index contributed by atoms with van der Waals surface area (Å²) < 4.78 is 10.9. The SMILES string of the molecule is COc1ccc(NC(=O)CN(C)[C@@H](C)c2nnc(-c3cccc(C)c3)o2)cc1. The number of carbonyl (C=O) groups is 1. The number of methoxy groups -OCH3 is 1. The van der Waals surface area contributed by atoms with Crippen molar-refractivity contribution in [3.05, 3.63) is 60.0 Å². The molecule has 7 heteroatoms. The van der Waals surface area contributed by atoms with Gasteiger partial charge in [0, 0.05) is 11.3 Å². The van der Waals surface area contributed by atoms with Crippen molar-refractivity contribution < 1.29 is 13.9 Å². The first-order valence-electron chi connectivity index (χ1n) is 9.01. The molecule has 3 rings (SSSR count). The number of nitrogens with zero attached hydrogens (tertiary/aromatic N) is 3. The molecule has 1 N–H and O–H groups in total.